The van der Waals surface area contributed by atoms with Crippen LogP contribution in [0.5, 0.6) is 0 Å². The number of furan rings is 1. The molecule has 0 radical (unpaired) electrons. The van der Waals surface area contributed by atoms with Gasteiger partial charge in [0.2, 0.25) is 0 Å². The smallest absolute Gasteiger partial charge is 0.123 e. The summed E-state index contributed by atoms with van der Waals surface area (Å²) in [4.78, 5) is 4.12. The first-order valence-corrected chi connectivity index (χ1v) is 3.86. The van der Waals surface area contributed by atoms with Crippen molar-refractivity contribution in [1.29, 1.82) is 0 Å². The van der Waals surface area contributed by atoms with Gasteiger partial charge in [-0.2, -0.15) is 0 Å². The molecule has 0 amide bonds. The summed E-state index contributed by atoms with van der Waals surface area (Å²) in [6.07, 6.45) is 5.41. The van der Waals surface area contributed by atoms with Crippen molar-refractivity contribution in [3.8, 4) is 0 Å². The third-order valence-corrected chi connectivity index (χ3v) is 1.83. The SMILES string of the molecule is Cc1nccn1Cc1ccco1. The van der Waals surface area contributed by atoms with Crippen LogP contribution < -0.4 is 0 Å². The van der Waals surface area contributed by atoms with Crippen LogP contribution in [0, 0.1) is 6.92 Å². The van der Waals surface area contributed by atoms with Gasteiger partial charge in [-0.05, 0) is 19.1 Å². The van der Waals surface area contributed by atoms with Gasteiger partial charge < -0.3 is 8.98 Å². The van der Waals surface area contributed by atoms with E-state index < -0.39 is 0 Å². The van der Waals surface area contributed by atoms with Gasteiger partial charge in [-0.1, -0.05) is 0 Å². The van der Waals surface area contributed by atoms with E-state index in [1.165, 1.54) is 0 Å². The molecule has 0 unspecified atom stereocenters. The molecule has 3 heteroatoms. The minimum Gasteiger partial charge on any atom is -0.467 e. The molecule has 0 atom stereocenters. The molecule has 2 rings (SSSR count). The Morgan fingerprint density at radius 1 is 1.58 bits per heavy atom. The standard InChI is InChI=1S/C9H10N2O/c1-8-10-4-5-11(8)7-9-3-2-6-12-9/h2-6H,7H2,1H3. The number of aromatic nitrogens is 2. The number of nitrogens with zero attached hydrogens (tertiary/aromatic N) is 2. The summed E-state index contributed by atoms with van der Waals surface area (Å²) in [6.45, 7) is 2.74. The van der Waals surface area contributed by atoms with Gasteiger partial charge in [-0.3, -0.25) is 0 Å². The first kappa shape index (κ1) is 7.16. The van der Waals surface area contributed by atoms with Crippen LogP contribution in [-0.4, -0.2) is 9.55 Å². The maximum atomic E-state index is 5.21. The van der Waals surface area contributed by atoms with Crippen molar-refractivity contribution in [2.45, 2.75) is 13.5 Å². The van der Waals surface area contributed by atoms with E-state index in [4.69, 9.17) is 4.42 Å². The summed E-state index contributed by atoms with van der Waals surface area (Å²) >= 11 is 0. The van der Waals surface area contributed by atoms with Gasteiger partial charge in [-0.15, -0.1) is 0 Å². The normalized spacial score (nSPS) is 10.4. The predicted molar refractivity (Wildman–Crippen MR) is 44.8 cm³/mol. The summed E-state index contributed by atoms with van der Waals surface area (Å²) < 4.78 is 7.25. The Labute approximate surface area is 70.7 Å². The van der Waals surface area contributed by atoms with Crippen molar-refractivity contribution < 1.29 is 4.42 Å². The van der Waals surface area contributed by atoms with E-state index in [0.29, 0.717) is 0 Å². The predicted octanol–water partition coefficient (Wildman–Crippen LogP) is 1.83. The van der Waals surface area contributed by atoms with E-state index in [1.54, 1.807) is 12.5 Å². The maximum absolute atomic E-state index is 5.21. The third-order valence-electron chi connectivity index (χ3n) is 1.83. The molecule has 12 heavy (non-hydrogen) atoms. The van der Waals surface area contributed by atoms with Crippen LogP contribution >= 0.6 is 0 Å². The molecule has 62 valence electrons. The molecular formula is C9H10N2O. The highest BCUT2D eigenvalue weighted by atomic mass is 16.3. The lowest BCUT2D eigenvalue weighted by atomic mass is 10.4. The van der Waals surface area contributed by atoms with E-state index >= 15 is 0 Å². The fraction of sp³-hybridized carbons (Fsp3) is 0.222. The summed E-state index contributed by atoms with van der Waals surface area (Å²) in [5, 5.41) is 0. The topological polar surface area (TPSA) is 31.0 Å². The number of imidazole rings is 1. The Morgan fingerprint density at radius 3 is 3.08 bits per heavy atom. The minimum atomic E-state index is 0.763. The van der Waals surface area contributed by atoms with Crippen LogP contribution in [0.3, 0.4) is 0 Å². The zero-order valence-corrected chi connectivity index (χ0v) is 6.90. The van der Waals surface area contributed by atoms with Crippen LogP contribution in [0.25, 0.3) is 0 Å². The molecule has 2 aromatic heterocycles. The second-order valence-corrected chi connectivity index (χ2v) is 2.68. The van der Waals surface area contributed by atoms with Crippen LogP contribution in [0.1, 0.15) is 11.6 Å². The van der Waals surface area contributed by atoms with Gasteiger partial charge in [-0.25, -0.2) is 4.98 Å². The highest BCUT2D eigenvalue weighted by Gasteiger charge is 1.99. The fourth-order valence-corrected chi connectivity index (χ4v) is 1.14. The van der Waals surface area contributed by atoms with Crippen molar-refractivity contribution in [2.24, 2.45) is 0 Å². The van der Waals surface area contributed by atoms with Crippen molar-refractivity contribution in [3.63, 3.8) is 0 Å². The Bertz CT molecular complexity index is 348. The van der Waals surface area contributed by atoms with Gasteiger partial charge in [0.15, 0.2) is 0 Å². The number of aryl methyl sites for hydroxylation is 1. The molecule has 0 aliphatic rings. The van der Waals surface area contributed by atoms with E-state index in [9.17, 15) is 0 Å². The highest BCUT2D eigenvalue weighted by Crippen LogP contribution is 2.04. The summed E-state index contributed by atoms with van der Waals surface area (Å²) in [7, 11) is 0. The molecule has 0 fully saturated rings. The lowest BCUT2D eigenvalue weighted by Crippen LogP contribution is -1.98. The first-order chi connectivity index (χ1) is 5.86. The zero-order chi connectivity index (χ0) is 8.39. The lowest BCUT2D eigenvalue weighted by Gasteiger charge is -2.00. The van der Waals surface area contributed by atoms with Gasteiger partial charge in [0.05, 0.1) is 12.8 Å². The molecule has 0 aliphatic heterocycles. The maximum Gasteiger partial charge on any atom is 0.123 e. The first-order valence-electron chi connectivity index (χ1n) is 3.86. The van der Waals surface area contributed by atoms with Crippen LogP contribution in [0.2, 0.25) is 0 Å². The van der Waals surface area contributed by atoms with E-state index in [0.717, 1.165) is 18.1 Å². The Balaban J connectivity index is 2.20. The minimum absolute atomic E-state index is 0.763. The molecule has 2 aromatic rings. The zero-order valence-electron chi connectivity index (χ0n) is 6.90. The van der Waals surface area contributed by atoms with Crippen molar-refractivity contribution in [2.75, 3.05) is 0 Å². The number of hydrogen-bond donors (Lipinski definition) is 0. The molecule has 2 heterocycles. The van der Waals surface area contributed by atoms with Crippen LogP contribution in [0.15, 0.2) is 35.2 Å². The summed E-state index contributed by atoms with van der Waals surface area (Å²) in [6, 6.07) is 3.85. The monoisotopic (exact) mass is 162 g/mol. The largest absolute Gasteiger partial charge is 0.467 e. The fourth-order valence-electron chi connectivity index (χ4n) is 1.14. The summed E-state index contributed by atoms with van der Waals surface area (Å²) in [5.41, 5.74) is 0. The molecule has 0 N–H and O–H groups in total. The molecule has 3 nitrogen and oxygen atoms in total. The Hall–Kier alpha value is -1.51. The molecule has 0 saturated carbocycles. The second-order valence-electron chi connectivity index (χ2n) is 2.68. The van der Waals surface area contributed by atoms with Crippen LogP contribution in [-0.2, 0) is 6.54 Å². The Kier molecular flexibility index (Phi) is 1.70. The lowest BCUT2D eigenvalue weighted by molar-refractivity contribution is 0.490. The molecule has 0 aromatic carbocycles. The van der Waals surface area contributed by atoms with Crippen molar-refractivity contribution in [1.82, 2.24) is 9.55 Å². The van der Waals surface area contributed by atoms with Gasteiger partial charge in [0.1, 0.15) is 11.6 Å². The molecule has 0 spiro atoms. The average molecular weight is 162 g/mol. The van der Waals surface area contributed by atoms with Crippen molar-refractivity contribution >= 4 is 0 Å². The molecule has 0 saturated heterocycles. The highest BCUT2D eigenvalue weighted by molar-refractivity contribution is 5.01. The molecule has 0 bridgehead atoms. The van der Waals surface area contributed by atoms with Gasteiger partial charge in [0.25, 0.3) is 0 Å². The third kappa shape index (κ3) is 1.25. The van der Waals surface area contributed by atoms with E-state index in [-0.39, 0.29) is 0 Å². The van der Waals surface area contributed by atoms with Crippen LogP contribution in [0.4, 0.5) is 0 Å². The van der Waals surface area contributed by atoms with E-state index in [1.807, 2.05) is 29.8 Å². The Morgan fingerprint density at radius 2 is 2.50 bits per heavy atom. The van der Waals surface area contributed by atoms with Gasteiger partial charge in [0, 0.05) is 12.4 Å². The molecular weight excluding hydrogens is 152 g/mol. The number of hydrogen-bond acceptors (Lipinski definition) is 2. The van der Waals surface area contributed by atoms with E-state index in [2.05, 4.69) is 4.98 Å². The quantitative estimate of drug-likeness (QED) is 0.674. The van der Waals surface area contributed by atoms with Crippen molar-refractivity contribution in [3.05, 3.63) is 42.4 Å². The van der Waals surface area contributed by atoms with Gasteiger partial charge >= 0.3 is 0 Å². The molecule has 0 aliphatic carbocycles. The second kappa shape index (κ2) is 2.85. The summed E-state index contributed by atoms with van der Waals surface area (Å²) in [5.74, 6) is 1.96. The number of rotatable bonds is 2. The average Bonchev–Trinajstić information content (AvgIpc) is 2.65.